The lowest BCUT2D eigenvalue weighted by molar-refractivity contribution is 0.145. The first kappa shape index (κ1) is 13.4. The lowest BCUT2D eigenvalue weighted by Crippen LogP contribution is -2.40. The van der Waals surface area contributed by atoms with Gasteiger partial charge in [0.25, 0.3) is 0 Å². The van der Waals surface area contributed by atoms with Gasteiger partial charge in [0, 0.05) is 25.8 Å². The fourth-order valence-corrected chi connectivity index (χ4v) is 1.13. The standard InChI is InChI=1S/C10H20N2OS/c1-4-9(3)12-10(14)11-7-6-8-13-5-2/h4,9H,1,5-8H2,2-3H3,(H2,11,12,14). The van der Waals surface area contributed by atoms with Gasteiger partial charge in [0.1, 0.15) is 0 Å². The molecule has 0 amide bonds. The highest BCUT2D eigenvalue weighted by Crippen LogP contribution is 1.83. The second kappa shape index (κ2) is 8.97. The van der Waals surface area contributed by atoms with Crippen LogP contribution in [0.4, 0.5) is 0 Å². The van der Waals surface area contributed by atoms with Gasteiger partial charge >= 0.3 is 0 Å². The molecule has 0 spiro atoms. The van der Waals surface area contributed by atoms with Crippen molar-refractivity contribution in [3.05, 3.63) is 12.7 Å². The minimum Gasteiger partial charge on any atom is -0.382 e. The fourth-order valence-electron chi connectivity index (χ4n) is 0.837. The summed E-state index contributed by atoms with van der Waals surface area (Å²) in [5.41, 5.74) is 0. The third-order valence-electron chi connectivity index (χ3n) is 1.67. The fraction of sp³-hybridized carbons (Fsp3) is 0.700. The van der Waals surface area contributed by atoms with Gasteiger partial charge in [0.15, 0.2) is 5.11 Å². The highest BCUT2D eigenvalue weighted by molar-refractivity contribution is 7.80. The number of nitrogens with one attached hydrogen (secondary N) is 2. The highest BCUT2D eigenvalue weighted by atomic mass is 32.1. The molecular weight excluding hydrogens is 196 g/mol. The minimum atomic E-state index is 0.210. The Hall–Kier alpha value is -0.610. The zero-order valence-electron chi connectivity index (χ0n) is 9.01. The van der Waals surface area contributed by atoms with E-state index in [-0.39, 0.29) is 6.04 Å². The molecule has 1 atom stereocenters. The molecule has 0 rings (SSSR count). The number of hydrogen-bond donors (Lipinski definition) is 2. The van der Waals surface area contributed by atoms with Gasteiger partial charge in [-0.25, -0.2) is 0 Å². The molecule has 0 fully saturated rings. The normalized spacial score (nSPS) is 11.9. The largest absolute Gasteiger partial charge is 0.382 e. The van der Waals surface area contributed by atoms with E-state index in [1.54, 1.807) is 0 Å². The van der Waals surface area contributed by atoms with Crippen LogP contribution in [0.25, 0.3) is 0 Å². The van der Waals surface area contributed by atoms with Gasteiger partial charge in [-0.1, -0.05) is 6.08 Å². The van der Waals surface area contributed by atoms with Crippen molar-refractivity contribution in [2.45, 2.75) is 26.3 Å². The van der Waals surface area contributed by atoms with Crippen LogP contribution >= 0.6 is 12.2 Å². The lowest BCUT2D eigenvalue weighted by atomic mass is 10.3. The molecule has 1 unspecified atom stereocenters. The zero-order chi connectivity index (χ0) is 10.8. The molecule has 0 aromatic heterocycles. The second-order valence-corrected chi connectivity index (χ2v) is 3.38. The molecule has 0 bridgehead atoms. The van der Waals surface area contributed by atoms with Crippen molar-refractivity contribution in [2.24, 2.45) is 0 Å². The van der Waals surface area contributed by atoms with E-state index in [2.05, 4.69) is 17.2 Å². The average molecular weight is 216 g/mol. The zero-order valence-corrected chi connectivity index (χ0v) is 9.82. The molecule has 0 heterocycles. The van der Waals surface area contributed by atoms with Crippen LogP contribution in [0.2, 0.25) is 0 Å². The van der Waals surface area contributed by atoms with Crippen LogP contribution in [-0.2, 0) is 4.74 Å². The molecular formula is C10H20N2OS. The van der Waals surface area contributed by atoms with E-state index in [0.29, 0.717) is 5.11 Å². The van der Waals surface area contributed by atoms with Crippen LogP contribution in [0, 0.1) is 0 Å². The summed E-state index contributed by atoms with van der Waals surface area (Å²) in [6, 6.07) is 0.210. The quantitative estimate of drug-likeness (QED) is 0.383. The monoisotopic (exact) mass is 216 g/mol. The molecule has 0 saturated carbocycles. The summed E-state index contributed by atoms with van der Waals surface area (Å²) in [6.45, 7) is 10.1. The Morgan fingerprint density at radius 2 is 2.36 bits per heavy atom. The predicted molar refractivity (Wildman–Crippen MR) is 64.5 cm³/mol. The molecule has 0 aromatic rings. The summed E-state index contributed by atoms with van der Waals surface area (Å²) < 4.78 is 5.20. The molecule has 4 heteroatoms. The number of rotatable bonds is 7. The maximum absolute atomic E-state index is 5.20. The maximum Gasteiger partial charge on any atom is 0.166 e. The van der Waals surface area contributed by atoms with E-state index < -0.39 is 0 Å². The molecule has 82 valence electrons. The van der Waals surface area contributed by atoms with E-state index in [9.17, 15) is 0 Å². The summed E-state index contributed by atoms with van der Waals surface area (Å²) in [4.78, 5) is 0. The molecule has 0 radical (unpaired) electrons. The maximum atomic E-state index is 5.20. The smallest absolute Gasteiger partial charge is 0.166 e. The Morgan fingerprint density at radius 1 is 1.64 bits per heavy atom. The highest BCUT2D eigenvalue weighted by Gasteiger charge is 1.97. The van der Waals surface area contributed by atoms with Crippen molar-refractivity contribution >= 4 is 17.3 Å². The Balaban J connectivity index is 3.31. The molecule has 0 saturated heterocycles. The van der Waals surface area contributed by atoms with Gasteiger partial charge in [-0.2, -0.15) is 0 Å². The summed E-state index contributed by atoms with van der Waals surface area (Å²) in [5, 5.41) is 6.86. The van der Waals surface area contributed by atoms with Crippen LogP contribution in [0.15, 0.2) is 12.7 Å². The van der Waals surface area contributed by atoms with Gasteiger partial charge in [0.2, 0.25) is 0 Å². The van der Waals surface area contributed by atoms with E-state index in [1.165, 1.54) is 0 Å². The minimum absolute atomic E-state index is 0.210. The number of thiocarbonyl (C=S) groups is 1. The van der Waals surface area contributed by atoms with E-state index >= 15 is 0 Å². The van der Waals surface area contributed by atoms with Crippen LogP contribution in [0.3, 0.4) is 0 Å². The Bertz CT molecular complexity index is 174. The van der Waals surface area contributed by atoms with E-state index in [1.807, 2.05) is 19.9 Å². The first-order valence-electron chi connectivity index (χ1n) is 4.95. The molecule has 0 aliphatic carbocycles. The molecule has 0 aliphatic rings. The van der Waals surface area contributed by atoms with Crippen LogP contribution in [0.5, 0.6) is 0 Å². The second-order valence-electron chi connectivity index (χ2n) is 2.98. The predicted octanol–water partition coefficient (Wildman–Crippen LogP) is 1.45. The topological polar surface area (TPSA) is 33.3 Å². The summed E-state index contributed by atoms with van der Waals surface area (Å²) in [6.07, 6.45) is 2.78. The Kier molecular flexibility index (Phi) is 8.57. The molecule has 3 nitrogen and oxygen atoms in total. The molecule has 14 heavy (non-hydrogen) atoms. The summed E-state index contributed by atoms with van der Waals surface area (Å²) in [7, 11) is 0. The van der Waals surface area contributed by atoms with Crippen molar-refractivity contribution in [3.8, 4) is 0 Å². The SMILES string of the molecule is C=CC(C)NC(=S)NCCCOCC. The Labute approximate surface area is 91.9 Å². The summed E-state index contributed by atoms with van der Waals surface area (Å²) in [5.74, 6) is 0. The lowest BCUT2D eigenvalue weighted by Gasteiger charge is -2.13. The number of ether oxygens (including phenoxy) is 1. The molecule has 2 N–H and O–H groups in total. The van der Waals surface area contributed by atoms with E-state index in [0.717, 1.165) is 26.2 Å². The third-order valence-corrected chi connectivity index (χ3v) is 1.93. The van der Waals surface area contributed by atoms with Crippen molar-refractivity contribution in [2.75, 3.05) is 19.8 Å². The van der Waals surface area contributed by atoms with Gasteiger partial charge in [-0.05, 0) is 32.5 Å². The van der Waals surface area contributed by atoms with Gasteiger partial charge in [-0.3, -0.25) is 0 Å². The van der Waals surface area contributed by atoms with Crippen molar-refractivity contribution in [1.82, 2.24) is 10.6 Å². The summed E-state index contributed by atoms with van der Waals surface area (Å²) >= 11 is 5.06. The van der Waals surface area contributed by atoms with Gasteiger partial charge < -0.3 is 15.4 Å². The average Bonchev–Trinajstić information content (AvgIpc) is 2.17. The van der Waals surface area contributed by atoms with Crippen molar-refractivity contribution < 1.29 is 4.74 Å². The van der Waals surface area contributed by atoms with Gasteiger partial charge in [0.05, 0.1) is 0 Å². The van der Waals surface area contributed by atoms with Crippen LogP contribution in [-0.4, -0.2) is 30.9 Å². The Morgan fingerprint density at radius 3 is 2.93 bits per heavy atom. The van der Waals surface area contributed by atoms with Crippen molar-refractivity contribution in [1.29, 1.82) is 0 Å². The van der Waals surface area contributed by atoms with Crippen LogP contribution < -0.4 is 10.6 Å². The van der Waals surface area contributed by atoms with Crippen molar-refractivity contribution in [3.63, 3.8) is 0 Å². The van der Waals surface area contributed by atoms with Crippen LogP contribution in [0.1, 0.15) is 20.3 Å². The van der Waals surface area contributed by atoms with E-state index in [4.69, 9.17) is 17.0 Å². The first-order valence-corrected chi connectivity index (χ1v) is 5.36. The molecule has 0 aromatic carbocycles. The third kappa shape index (κ3) is 8.01. The number of hydrogen-bond acceptors (Lipinski definition) is 2. The first-order chi connectivity index (χ1) is 6.70. The van der Waals surface area contributed by atoms with Gasteiger partial charge in [-0.15, -0.1) is 6.58 Å². The molecule has 0 aliphatic heterocycles.